The Hall–Kier alpha value is -2.38. The molecule has 8 heteroatoms. The first kappa shape index (κ1) is 18.0. The van der Waals surface area contributed by atoms with Crippen LogP contribution in [0.4, 0.5) is 4.39 Å². The normalized spacial score (nSPS) is 11.5. The van der Waals surface area contributed by atoms with E-state index in [1.807, 2.05) is 35.6 Å². The molecular formula is C19H16ClFN4OS. The molecule has 0 aliphatic heterocycles. The predicted octanol–water partition coefficient (Wildman–Crippen LogP) is 4.54. The van der Waals surface area contributed by atoms with E-state index in [0.29, 0.717) is 33.6 Å². The summed E-state index contributed by atoms with van der Waals surface area (Å²) in [5.74, 6) is 0.672. The molecular weight excluding hydrogens is 387 g/mol. The molecule has 4 aromatic rings. The summed E-state index contributed by atoms with van der Waals surface area (Å²) in [6, 6.07) is 11.8. The highest BCUT2D eigenvalue weighted by molar-refractivity contribution is 7.98. The lowest BCUT2D eigenvalue weighted by atomic mass is 10.2. The second-order valence-electron chi connectivity index (χ2n) is 6.12. The first-order valence-corrected chi connectivity index (χ1v) is 9.90. The van der Waals surface area contributed by atoms with Gasteiger partial charge in [0.1, 0.15) is 5.82 Å². The summed E-state index contributed by atoms with van der Waals surface area (Å²) >= 11 is 7.57. The van der Waals surface area contributed by atoms with Gasteiger partial charge in [-0.15, -0.1) is 10.2 Å². The first-order valence-electron chi connectivity index (χ1n) is 8.53. The number of benzene rings is 2. The fraction of sp³-hybridized carbons (Fsp3) is 0.211. The summed E-state index contributed by atoms with van der Waals surface area (Å²) in [6.45, 7) is 2.58. The largest absolute Gasteiger partial charge is 0.276 e. The molecule has 0 spiro atoms. The molecule has 2 heterocycles. The first-order chi connectivity index (χ1) is 13.1. The standard InChI is InChI=1S/C19H16ClFN4OS/c1-2-9-24-17(26)14-5-3-4-6-16(14)25-18(24)22-23-19(25)27-11-12-7-8-13(21)10-15(12)20/h3-8,10H,2,9,11H2,1H3. The molecule has 5 nitrogen and oxygen atoms in total. The molecule has 2 aromatic heterocycles. The monoisotopic (exact) mass is 402 g/mol. The summed E-state index contributed by atoms with van der Waals surface area (Å²) in [5.41, 5.74) is 1.51. The maximum atomic E-state index is 13.2. The van der Waals surface area contributed by atoms with Crippen molar-refractivity contribution in [3.05, 3.63) is 69.2 Å². The average molecular weight is 403 g/mol. The van der Waals surface area contributed by atoms with Gasteiger partial charge in [-0.1, -0.05) is 48.5 Å². The van der Waals surface area contributed by atoms with Crippen molar-refractivity contribution in [3.8, 4) is 0 Å². The highest BCUT2D eigenvalue weighted by Crippen LogP contribution is 2.28. The summed E-state index contributed by atoms with van der Waals surface area (Å²) < 4.78 is 16.8. The Labute approximate surface area is 163 Å². The van der Waals surface area contributed by atoms with Gasteiger partial charge in [-0.2, -0.15) is 0 Å². The van der Waals surface area contributed by atoms with E-state index in [4.69, 9.17) is 11.6 Å². The van der Waals surface area contributed by atoms with Crippen LogP contribution in [-0.2, 0) is 12.3 Å². The second-order valence-corrected chi connectivity index (χ2v) is 7.47. The minimum absolute atomic E-state index is 0.0644. The van der Waals surface area contributed by atoms with E-state index in [9.17, 15) is 9.18 Å². The zero-order valence-electron chi connectivity index (χ0n) is 14.5. The maximum Gasteiger partial charge on any atom is 0.262 e. The molecule has 0 saturated carbocycles. The minimum Gasteiger partial charge on any atom is -0.276 e. The molecule has 0 bridgehead atoms. The lowest BCUT2D eigenvalue weighted by Gasteiger charge is -2.10. The highest BCUT2D eigenvalue weighted by atomic mass is 35.5. The molecule has 0 unspecified atom stereocenters. The third-order valence-electron chi connectivity index (χ3n) is 4.30. The molecule has 0 aliphatic carbocycles. The SMILES string of the molecule is CCCn1c(=O)c2ccccc2n2c(SCc3ccc(F)cc3Cl)nnc12. The molecule has 4 rings (SSSR count). The van der Waals surface area contributed by atoms with Gasteiger partial charge < -0.3 is 0 Å². The summed E-state index contributed by atoms with van der Waals surface area (Å²) in [7, 11) is 0. The number of fused-ring (bicyclic) bond motifs is 3. The van der Waals surface area contributed by atoms with Crippen molar-refractivity contribution in [2.45, 2.75) is 30.8 Å². The fourth-order valence-electron chi connectivity index (χ4n) is 3.03. The van der Waals surface area contributed by atoms with Gasteiger partial charge in [-0.3, -0.25) is 13.8 Å². The van der Waals surface area contributed by atoms with E-state index in [0.717, 1.165) is 17.5 Å². The van der Waals surface area contributed by atoms with Crippen molar-refractivity contribution in [3.63, 3.8) is 0 Å². The third kappa shape index (κ3) is 3.21. The van der Waals surface area contributed by atoms with Crippen molar-refractivity contribution in [2.75, 3.05) is 0 Å². The molecule has 2 aromatic carbocycles. The van der Waals surface area contributed by atoms with E-state index in [1.54, 1.807) is 10.6 Å². The molecule has 0 saturated heterocycles. The van der Waals surface area contributed by atoms with Gasteiger partial charge in [0.05, 0.1) is 10.9 Å². The molecule has 27 heavy (non-hydrogen) atoms. The minimum atomic E-state index is -0.365. The van der Waals surface area contributed by atoms with Crippen LogP contribution in [0.3, 0.4) is 0 Å². The predicted molar refractivity (Wildman–Crippen MR) is 106 cm³/mol. The van der Waals surface area contributed by atoms with E-state index in [2.05, 4.69) is 10.2 Å². The zero-order chi connectivity index (χ0) is 19.0. The summed E-state index contributed by atoms with van der Waals surface area (Å²) in [6.07, 6.45) is 0.814. The van der Waals surface area contributed by atoms with E-state index in [1.165, 1.54) is 23.9 Å². The van der Waals surface area contributed by atoms with Gasteiger partial charge in [0.25, 0.3) is 5.56 Å². The Morgan fingerprint density at radius 1 is 1.19 bits per heavy atom. The Bertz CT molecular complexity index is 1200. The number of halogens is 2. The Kier molecular flexibility index (Phi) is 4.88. The van der Waals surface area contributed by atoms with Crippen LogP contribution in [0.1, 0.15) is 18.9 Å². The number of rotatable bonds is 5. The van der Waals surface area contributed by atoms with Gasteiger partial charge >= 0.3 is 0 Å². The van der Waals surface area contributed by atoms with Crippen molar-refractivity contribution < 1.29 is 4.39 Å². The van der Waals surface area contributed by atoms with Crippen LogP contribution in [-0.4, -0.2) is 19.2 Å². The lowest BCUT2D eigenvalue weighted by Crippen LogP contribution is -2.23. The summed E-state index contributed by atoms with van der Waals surface area (Å²) in [4.78, 5) is 12.8. The van der Waals surface area contributed by atoms with Gasteiger partial charge in [-0.05, 0) is 36.2 Å². The zero-order valence-corrected chi connectivity index (χ0v) is 16.1. The Morgan fingerprint density at radius 2 is 2.00 bits per heavy atom. The van der Waals surface area contributed by atoms with Gasteiger partial charge in [0.15, 0.2) is 5.16 Å². The van der Waals surface area contributed by atoms with Crippen LogP contribution in [0.25, 0.3) is 16.7 Å². The van der Waals surface area contributed by atoms with Crippen molar-refractivity contribution >= 4 is 40.0 Å². The van der Waals surface area contributed by atoms with Crippen molar-refractivity contribution in [2.24, 2.45) is 0 Å². The number of thioether (sulfide) groups is 1. The van der Waals surface area contributed by atoms with Gasteiger partial charge in [-0.25, -0.2) is 4.39 Å². The third-order valence-corrected chi connectivity index (χ3v) is 5.63. The molecule has 0 N–H and O–H groups in total. The smallest absolute Gasteiger partial charge is 0.262 e. The van der Waals surface area contributed by atoms with Crippen LogP contribution in [0.15, 0.2) is 52.4 Å². The fourth-order valence-corrected chi connectivity index (χ4v) is 4.29. The average Bonchev–Trinajstić information content (AvgIpc) is 3.08. The molecule has 0 aliphatic rings. The van der Waals surface area contributed by atoms with Crippen LogP contribution < -0.4 is 5.56 Å². The molecule has 0 radical (unpaired) electrons. The molecule has 0 atom stereocenters. The Balaban J connectivity index is 1.83. The van der Waals surface area contributed by atoms with Crippen LogP contribution in [0.2, 0.25) is 5.02 Å². The molecule has 138 valence electrons. The topological polar surface area (TPSA) is 52.2 Å². The number of hydrogen-bond donors (Lipinski definition) is 0. The number of aryl methyl sites for hydroxylation is 1. The van der Waals surface area contributed by atoms with E-state index in [-0.39, 0.29) is 11.4 Å². The van der Waals surface area contributed by atoms with Gasteiger partial charge in [0.2, 0.25) is 5.78 Å². The van der Waals surface area contributed by atoms with Crippen molar-refractivity contribution in [1.82, 2.24) is 19.2 Å². The van der Waals surface area contributed by atoms with Gasteiger partial charge in [0, 0.05) is 17.3 Å². The Morgan fingerprint density at radius 3 is 2.78 bits per heavy atom. The van der Waals surface area contributed by atoms with Crippen LogP contribution in [0, 0.1) is 5.82 Å². The van der Waals surface area contributed by atoms with Crippen LogP contribution >= 0.6 is 23.4 Å². The quantitative estimate of drug-likeness (QED) is 0.460. The molecule has 0 amide bonds. The second kappa shape index (κ2) is 7.32. The number of nitrogens with zero attached hydrogens (tertiary/aromatic N) is 4. The van der Waals surface area contributed by atoms with Crippen molar-refractivity contribution in [1.29, 1.82) is 0 Å². The van der Waals surface area contributed by atoms with Crippen LogP contribution in [0.5, 0.6) is 0 Å². The van der Waals surface area contributed by atoms with E-state index < -0.39 is 0 Å². The highest BCUT2D eigenvalue weighted by Gasteiger charge is 2.16. The molecule has 0 fully saturated rings. The number of para-hydroxylation sites is 1. The lowest BCUT2D eigenvalue weighted by molar-refractivity contribution is 0.627. The maximum absolute atomic E-state index is 13.2. The van der Waals surface area contributed by atoms with E-state index >= 15 is 0 Å². The number of aromatic nitrogens is 4. The summed E-state index contributed by atoms with van der Waals surface area (Å²) in [5, 5.41) is 10.2. The number of hydrogen-bond acceptors (Lipinski definition) is 4.